The van der Waals surface area contributed by atoms with E-state index >= 15 is 0 Å². The highest BCUT2D eigenvalue weighted by molar-refractivity contribution is 7.91. The summed E-state index contributed by atoms with van der Waals surface area (Å²) in [5, 5.41) is 2.75. The summed E-state index contributed by atoms with van der Waals surface area (Å²) >= 11 is 0. The van der Waals surface area contributed by atoms with E-state index in [1.165, 1.54) is 25.1 Å². The van der Waals surface area contributed by atoms with E-state index in [9.17, 15) is 13.2 Å². The maximum Gasteiger partial charge on any atom is 0.329 e. The lowest BCUT2D eigenvalue weighted by atomic mass is 10.1. The molecule has 0 saturated carbocycles. The molecule has 4 rings (SSSR count). The number of benzene rings is 1. The molecule has 34 heavy (non-hydrogen) atoms. The maximum atomic E-state index is 13.4. The predicted octanol–water partition coefficient (Wildman–Crippen LogP) is 2.57. The molecule has 0 aliphatic carbocycles. The van der Waals surface area contributed by atoms with Crippen LogP contribution in [0.25, 0.3) is 5.69 Å². The summed E-state index contributed by atoms with van der Waals surface area (Å²) in [6.45, 7) is 1.22. The molecule has 0 radical (unpaired) electrons. The molecule has 0 amide bonds. The highest BCUT2D eigenvalue weighted by Crippen LogP contribution is 2.27. The van der Waals surface area contributed by atoms with Crippen LogP contribution in [0.2, 0.25) is 0 Å². The van der Waals surface area contributed by atoms with Crippen LogP contribution in [0.1, 0.15) is 29.2 Å². The van der Waals surface area contributed by atoms with Crippen molar-refractivity contribution in [3.05, 3.63) is 96.2 Å². The van der Waals surface area contributed by atoms with Crippen molar-refractivity contribution < 1.29 is 18.0 Å². The first-order valence-electron chi connectivity index (χ1n) is 10.3. The molecule has 3 heterocycles. The van der Waals surface area contributed by atoms with Crippen molar-refractivity contribution in [1.82, 2.24) is 19.7 Å². The minimum Gasteiger partial charge on any atom is -0.342 e. The summed E-state index contributed by atoms with van der Waals surface area (Å²) in [6.07, 6.45) is 5.37. The molecule has 0 aliphatic rings. The molecule has 174 valence electrons. The van der Waals surface area contributed by atoms with Crippen molar-refractivity contribution in [1.29, 1.82) is 0 Å². The molecule has 4 aromatic rings. The third-order valence-electron chi connectivity index (χ3n) is 4.93. The minimum absolute atomic E-state index is 0.0267. The number of carbonyl (C=O) groups is 1. The van der Waals surface area contributed by atoms with E-state index in [1.807, 2.05) is 36.5 Å². The lowest BCUT2D eigenvalue weighted by Gasteiger charge is -2.16. The summed E-state index contributed by atoms with van der Waals surface area (Å²) in [7, 11) is -4.03. The van der Waals surface area contributed by atoms with Crippen molar-refractivity contribution in [3.8, 4) is 5.69 Å². The van der Waals surface area contributed by atoms with Crippen LogP contribution in [0.4, 0.5) is 5.82 Å². The van der Waals surface area contributed by atoms with Crippen LogP contribution in [0.3, 0.4) is 0 Å². The average Bonchev–Trinajstić information content (AvgIpc) is 3.38. The SMILES string of the molecule is CC(=O)ONc1cccc(C(N)S(=O)(=O)c2cccnc2Cc2ccc(-n3cccn3)cc2)n1. The van der Waals surface area contributed by atoms with Gasteiger partial charge in [0.1, 0.15) is 0 Å². The second kappa shape index (κ2) is 9.81. The number of nitrogens with zero attached hydrogens (tertiary/aromatic N) is 4. The van der Waals surface area contributed by atoms with Crippen LogP contribution < -0.4 is 11.2 Å². The van der Waals surface area contributed by atoms with Gasteiger partial charge in [-0.05, 0) is 48.0 Å². The molecule has 0 saturated heterocycles. The Morgan fingerprint density at radius 1 is 1.09 bits per heavy atom. The van der Waals surface area contributed by atoms with E-state index < -0.39 is 21.2 Å². The second-order valence-electron chi connectivity index (χ2n) is 7.35. The van der Waals surface area contributed by atoms with Gasteiger partial charge in [-0.25, -0.2) is 23.6 Å². The van der Waals surface area contributed by atoms with Gasteiger partial charge >= 0.3 is 5.97 Å². The molecule has 0 aliphatic heterocycles. The van der Waals surface area contributed by atoms with Crippen LogP contribution >= 0.6 is 0 Å². The molecular formula is C23H22N6O4S. The quantitative estimate of drug-likeness (QED) is 0.365. The summed E-state index contributed by atoms with van der Waals surface area (Å²) in [4.78, 5) is 24.2. The summed E-state index contributed by atoms with van der Waals surface area (Å²) in [5.41, 5.74) is 10.7. The Morgan fingerprint density at radius 3 is 2.59 bits per heavy atom. The average molecular weight is 479 g/mol. The van der Waals surface area contributed by atoms with Crippen LogP contribution in [-0.2, 0) is 25.9 Å². The van der Waals surface area contributed by atoms with Gasteiger partial charge in [0, 0.05) is 31.9 Å². The van der Waals surface area contributed by atoms with Gasteiger partial charge in [-0.1, -0.05) is 18.2 Å². The molecule has 3 N–H and O–H groups in total. The van der Waals surface area contributed by atoms with Crippen LogP contribution in [-0.4, -0.2) is 34.1 Å². The molecule has 3 aromatic heterocycles. The molecule has 10 nitrogen and oxygen atoms in total. The number of anilines is 1. The fourth-order valence-electron chi connectivity index (χ4n) is 3.28. The minimum atomic E-state index is -4.03. The van der Waals surface area contributed by atoms with Crippen molar-refractivity contribution in [3.63, 3.8) is 0 Å². The van der Waals surface area contributed by atoms with Gasteiger partial charge in [0.2, 0.25) is 9.84 Å². The van der Waals surface area contributed by atoms with Crippen molar-refractivity contribution in [2.45, 2.75) is 23.6 Å². The van der Waals surface area contributed by atoms with E-state index in [4.69, 9.17) is 10.6 Å². The van der Waals surface area contributed by atoms with Crippen LogP contribution in [0.15, 0.2) is 84.1 Å². The zero-order valence-electron chi connectivity index (χ0n) is 18.2. The highest BCUT2D eigenvalue weighted by atomic mass is 32.2. The smallest absolute Gasteiger partial charge is 0.329 e. The Morgan fingerprint density at radius 2 is 1.88 bits per heavy atom. The number of aromatic nitrogens is 4. The van der Waals surface area contributed by atoms with Gasteiger partial charge in [0.05, 0.1) is 22.0 Å². The molecule has 0 fully saturated rings. The summed E-state index contributed by atoms with van der Waals surface area (Å²) in [5.74, 6) is -0.413. The molecule has 1 aromatic carbocycles. The van der Waals surface area contributed by atoms with E-state index in [1.54, 1.807) is 29.2 Å². The lowest BCUT2D eigenvalue weighted by Crippen LogP contribution is -2.24. The summed E-state index contributed by atoms with van der Waals surface area (Å²) < 4.78 is 28.5. The van der Waals surface area contributed by atoms with Crippen molar-refractivity contribution in [2.75, 3.05) is 5.48 Å². The molecule has 11 heteroatoms. The fourth-order valence-corrected chi connectivity index (χ4v) is 4.73. The Hall–Kier alpha value is -4.09. The molecular weight excluding hydrogens is 456 g/mol. The highest BCUT2D eigenvalue weighted by Gasteiger charge is 2.29. The molecule has 1 unspecified atom stereocenters. The fraction of sp³-hybridized carbons (Fsp3) is 0.130. The van der Waals surface area contributed by atoms with E-state index in [0.29, 0.717) is 12.1 Å². The first kappa shape index (κ1) is 23.1. The molecule has 1 atom stereocenters. The normalized spacial score (nSPS) is 12.2. The summed E-state index contributed by atoms with van der Waals surface area (Å²) in [6, 6.07) is 17.0. The maximum absolute atomic E-state index is 13.4. The second-order valence-corrected chi connectivity index (χ2v) is 9.39. The zero-order chi connectivity index (χ0) is 24.1. The third-order valence-corrected chi connectivity index (χ3v) is 6.82. The van der Waals surface area contributed by atoms with Gasteiger partial charge < -0.3 is 10.6 Å². The predicted molar refractivity (Wildman–Crippen MR) is 124 cm³/mol. The first-order valence-corrected chi connectivity index (χ1v) is 11.8. The zero-order valence-corrected chi connectivity index (χ0v) is 19.0. The van der Waals surface area contributed by atoms with E-state index in [0.717, 1.165) is 11.3 Å². The number of sulfone groups is 1. The lowest BCUT2D eigenvalue weighted by molar-refractivity contribution is -0.138. The van der Waals surface area contributed by atoms with Gasteiger partial charge in [-0.2, -0.15) is 5.10 Å². The topological polar surface area (TPSA) is 142 Å². The van der Waals surface area contributed by atoms with Crippen LogP contribution in [0.5, 0.6) is 0 Å². The number of pyridine rings is 2. The number of nitrogens with one attached hydrogen (secondary N) is 1. The van der Waals surface area contributed by atoms with Gasteiger partial charge in [-0.15, -0.1) is 0 Å². The van der Waals surface area contributed by atoms with Gasteiger partial charge in [0.25, 0.3) is 0 Å². The number of rotatable bonds is 8. The Balaban J connectivity index is 1.59. The Bertz CT molecular complexity index is 1390. The Kier molecular flexibility index (Phi) is 6.66. The standard InChI is InChI=1S/C23H22N6O4S/c1-16(30)33-28-22-7-2-5-19(27-22)23(24)34(31,32)21-6-3-12-25-20(21)15-17-8-10-18(11-9-17)29-14-4-13-26-29/h2-14,23H,15,24H2,1H3,(H,27,28). The first-order chi connectivity index (χ1) is 16.3. The largest absolute Gasteiger partial charge is 0.342 e. The molecule has 0 spiro atoms. The van der Waals surface area contributed by atoms with E-state index in [-0.39, 0.29) is 16.4 Å². The van der Waals surface area contributed by atoms with Crippen LogP contribution in [0, 0.1) is 0 Å². The van der Waals surface area contributed by atoms with Crippen molar-refractivity contribution in [2.24, 2.45) is 5.73 Å². The Labute approximate surface area is 196 Å². The number of hydrogen-bond donors (Lipinski definition) is 2. The number of carbonyl (C=O) groups excluding carboxylic acids is 1. The molecule has 0 bridgehead atoms. The van der Waals surface area contributed by atoms with Gasteiger partial charge in [0.15, 0.2) is 11.2 Å². The number of hydrogen-bond acceptors (Lipinski definition) is 9. The van der Waals surface area contributed by atoms with Gasteiger partial charge in [-0.3, -0.25) is 9.78 Å². The number of nitrogens with two attached hydrogens (primary N) is 1. The monoisotopic (exact) mass is 478 g/mol. The third kappa shape index (κ3) is 5.11. The van der Waals surface area contributed by atoms with Crippen molar-refractivity contribution >= 4 is 21.6 Å². The van der Waals surface area contributed by atoms with E-state index in [2.05, 4.69) is 20.5 Å².